The number of nitrogens with two attached hydrogens (primary N) is 1. The number of hydrogen-bond donors (Lipinski definition) is 1. The van der Waals surface area contributed by atoms with E-state index < -0.39 is 0 Å². The van der Waals surface area contributed by atoms with E-state index >= 15 is 0 Å². The summed E-state index contributed by atoms with van der Waals surface area (Å²) >= 11 is 0. The molecule has 108 valence electrons. The number of carbonyl (C=O) groups excluding carboxylic acids is 1. The molecule has 2 N–H and O–H groups in total. The molecule has 2 aromatic carbocycles. The van der Waals surface area contributed by atoms with E-state index in [1.54, 1.807) is 0 Å². The van der Waals surface area contributed by atoms with E-state index in [-0.39, 0.29) is 11.8 Å². The van der Waals surface area contributed by atoms with Crippen molar-refractivity contribution in [2.24, 2.45) is 5.73 Å². The van der Waals surface area contributed by atoms with Crippen LogP contribution >= 0.6 is 0 Å². The van der Waals surface area contributed by atoms with E-state index in [1.807, 2.05) is 47.4 Å². The molecule has 2 aromatic rings. The molecule has 0 fully saturated rings. The Morgan fingerprint density at radius 1 is 1.10 bits per heavy atom. The van der Waals surface area contributed by atoms with Gasteiger partial charge in [0.05, 0.1) is 5.92 Å². The third kappa shape index (κ3) is 2.69. The fourth-order valence-corrected chi connectivity index (χ4v) is 2.89. The van der Waals surface area contributed by atoms with Gasteiger partial charge in [-0.2, -0.15) is 0 Å². The summed E-state index contributed by atoms with van der Waals surface area (Å²) in [5, 5.41) is 0. The Kier molecular flexibility index (Phi) is 4.02. The molecule has 0 radical (unpaired) electrons. The largest absolute Gasteiger partial charge is 0.330 e. The fourth-order valence-electron chi connectivity index (χ4n) is 2.89. The number of para-hydroxylation sites is 1. The van der Waals surface area contributed by atoms with Crippen LogP contribution in [0.3, 0.4) is 0 Å². The third-order valence-corrected chi connectivity index (χ3v) is 4.07. The maximum Gasteiger partial charge on any atom is 0.234 e. The Labute approximate surface area is 125 Å². The van der Waals surface area contributed by atoms with Gasteiger partial charge in [-0.25, -0.2) is 0 Å². The van der Waals surface area contributed by atoms with Gasteiger partial charge in [0.2, 0.25) is 5.91 Å². The molecule has 0 saturated carbocycles. The first-order valence-electron chi connectivity index (χ1n) is 7.45. The number of rotatable bonds is 5. The molecule has 0 aromatic heterocycles. The standard InChI is InChI=1S/C18H20N2O/c19-11-6-12-20(15-8-2-1-3-9-15)18(21)17-13-14-7-4-5-10-16(14)17/h1-5,7-10,17H,6,11-13,19H2. The van der Waals surface area contributed by atoms with Crippen molar-refractivity contribution in [2.45, 2.75) is 18.8 Å². The zero-order chi connectivity index (χ0) is 14.7. The summed E-state index contributed by atoms with van der Waals surface area (Å²) in [7, 11) is 0. The summed E-state index contributed by atoms with van der Waals surface area (Å²) in [6.07, 6.45) is 1.66. The fraction of sp³-hybridized carbons (Fsp3) is 0.278. The van der Waals surface area contributed by atoms with Crippen molar-refractivity contribution in [3.05, 3.63) is 65.7 Å². The molecule has 1 amide bonds. The van der Waals surface area contributed by atoms with Gasteiger partial charge in [-0.05, 0) is 42.6 Å². The van der Waals surface area contributed by atoms with Crippen LogP contribution in [0, 0.1) is 0 Å². The first-order valence-corrected chi connectivity index (χ1v) is 7.45. The molecular formula is C18H20N2O. The highest BCUT2D eigenvalue weighted by Crippen LogP contribution is 2.37. The van der Waals surface area contributed by atoms with Crippen LogP contribution in [0.5, 0.6) is 0 Å². The van der Waals surface area contributed by atoms with Gasteiger partial charge in [0, 0.05) is 12.2 Å². The topological polar surface area (TPSA) is 46.3 Å². The van der Waals surface area contributed by atoms with E-state index in [0.29, 0.717) is 13.1 Å². The number of fused-ring (bicyclic) bond motifs is 1. The van der Waals surface area contributed by atoms with Gasteiger partial charge >= 0.3 is 0 Å². The van der Waals surface area contributed by atoms with E-state index in [1.165, 1.54) is 11.1 Å². The number of benzene rings is 2. The Hall–Kier alpha value is -2.13. The molecular weight excluding hydrogens is 260 g/mol. The lowest BCUT2D eigenvalue weighted by Gasteiger charge is -2.34. The average molecular weight is 280 g/mol. The van der Waals surface area contributed by atoms with Gasteiger partial charge in [0.25, 0.3) is 0 Å². The Balaban J connectivity index is 1.83. The van der Waals surface area contributed by atoms with Crippen LogP contribution in [0.2, 0.25) is 0 Å². The predicted octanol–water partition coefficient (Wildman–Crippen LogP) is 2.71. The zero-order valence-corrected chi connectivity index (χ0v) is 12.0. The minimum Gasteiger partial charge on any atom is -0.330 e. The van der Waals surface area contributed by atoms with E-state index in [0.717, 1.165) is 18.5 Å². The average Bonchev–Trinajstić information content (AvgIpc) is 2.50. The quantitative estimate of drug-likeness (QED) is 0.915. The summed E-state index contributed by atoms with van der Waals surface area (Å²) < 4.78 is 0. The molecule has 0 bridgehead atoms. The minimum absolute atomic E-state index is 0.000759. The van der Waals surface area contributed by atoms with Crippen molar-refractivity contribution in [1.29, 1.82) is 0 Å². The van der Waals surface area contributed by atoms with Crippen molar-refractivity contribution < 1.29 is 4.79 Å². The van der Waals surface area contributed by atoms with Crippen molar-refractivity contribution in [2.75, 3.05) is 18.0 Å². The van der Waals surface area contributed by atoms with Crippen LogP contribution in [0.4, 0.5) is 5.69 Å². The van der Waals surface area contributed by atoms with Gasteiger partial charge in [-0.15, -0.1) is 0 Å². The van der Waals surface area contributed by atoms with Gasteiger partial charge in [-0.3, -0.25) is 4.79 Å². The van der Waals surface area contributed by atoms with Crippen molar-refractivity contribution in [3.63, 3.8) is 0 Å². The highest BCUT2D eigenvalue weighted by molar-refractivity contribution is 5.99. The SMILES string of the molecule is NCCCN(C(=O)C1Cc2ccccc21)c1ccccc1. The van der Waals surface area contributed by atoms with E-state index in [4.69, 9.17) is 5.73 Å². The summed E-state index contributed by atoms with van der Waals surface area (Å²) in [4.78, 5) is 14.8. The van der Waals surface area contributed by atoms with Crippen LogP contribution in [-0.4, -0.2) is 19.0 Å². The number of carbonyl (C=O) groups is 1. The van der Waals surface area contributed by atoms with Gasteiger partial charge in [0.15, 0.2) is 0 Å². The number of anilines is 1. The van der Waals surface area contributed by atoms with Gasteiger partial charge in [0.1, 0.15) is 0 Å². The second-order valence-electron chi connectivity index (χ2n) is 5.42. The second kappa shape index (κ2) is 6.10. The molecule has 1 atom stereocenters. The van der Waals surface area contributed by atoms with Crippen LogP contribution in [0.15, 0.2) is 54.6 Å². The maximum atomic E-state index is 12.9. The maximum absolute atomic E-state index is 12.9. The lowest BCUT2D eigenvalue weighted by atomic mass is 9.76. The van der Waals surface area contributed by atoms with Crippen molar-refractivity contribution >= 4 is 11.6 Å². The number of amides is 1. The van der Waals surface area contributed by atoms with Crippen LogP contribution < -0.4 is 10.6 Å². The predicted molar refractivity (Wildman–Crippen MR) is 85.4 cm³/mol. The monoisotopic (exact) mass is 280 g/mol. The lowest BCUT2D eigenvalue weighted by Crippen LogP contribution is -2.40. The number of nitrogens with zero attached hydrogens (tertiary/aromatic N) is 1. The summed E-state index contributed by atoms with van der Waals surface area (Å²) in [6, 6.07) is 18.1. The summed E-state index contributed by atoms with van der Waals surface area (Å²) in [6.45, 7) is 1.27. The van der Waals surface area contributed by atoms with Crippen LogP contribution in [-0.2, 0) is 11.2 Å². The van der Waals surface area contributed by atoms with Crippen LogP contribution in [0.25, 0.3) is 0 Å². The Morgan fingerprint density at radius 2 is 1.81 bits per heavy atom. The highest BCUT2D eigenvalue weighted by atomic mass is 16.2. The molecule has 1 unspecified atom stereocenters. The van der Waals surface area contributed by atoms with Crippen molar-refractivity contribution in [3.8, 4) is 0 Å². The summed E-state index contributed by atoms with van der Waals surface area (Å²) in [5.74, 6) is 0.188. The van der Waals surface area contributed by atoms with E-state index in [9.17, 15) is 4.79 Å². The Bertz CT molecular complexity index is 624. The highest BCUT2D eigenvalue weighted by Gasteiger charge is 2.34. The van der Waals surface area contributed by atoms with Gasteiger partial charge in [-0.1, -0.05) is 42.5 Å². The molecule has 21 heavy (non-hydrogen) atoms. The molecule has 1 aliphatic carbocycles. The molecule has 3 rings (SSSR count). The molecule has 1 aliphatic rings. The first-order chi connectivity index (χ1) is 10.3. The molecule has 0 heterocycles. The smallest absolute Gasteiger partial charge is 0.234 e. The lowest BCUT2D eigenvalue weighted by molar-refractivity contribution is -0.120. The number of hydrogen-bond acceptors (Lipinski definition) is 2. The minimum atomic E-state index is -0.000759. The molecule has 3 nitrogen and oxygen atoms in total. The molecule has 0 aliphatic heterocycles. The Morgan fingerprint density at radius 3 is 2.52 bits per heavy atom. The van der Waals surface area contributed by atoms with Crippen molar-refractivity contribution in [1.82, 2.24) is 0 Å². The molecule has 3 heteroatoms. The first kappa shape index (κ1) is 13.8. The molecule has 0 saturated heterocycles. The molecule has 0 spiro atoms. The van der Waals surface area contributed by atoms with Gasteiger partial charge < -0.3 is 10.6 Å². The van der Waals surface area contributed by atoms with Crippen LogP contribution in [0.1, 0.15) is 23.5 Å². The zero-order valence-electron chi connectivity index (χ0n) is 12.0. The second-order valence-corrected chi connectivity index (χ2v) is 5.42. The summed E-state index contributed by atoms with van der Waals surface area (Å²) in [5.41, 5.74) is 9.05. The normalized spacial score (nSPS) is 16.0. The van der Waals surface area contributed by atoms with E-state index in [2.05, 4.69) is 12.1 Å². The third-order valence-electron chi connectivity index (χ3n) is 4.07.